The van der Waals surface area contributed by atoms with Gasteiger partial charge >= 0.3 is 0 Å². The molecule has 1 heteroatoms. The van der Waals surface area contributed by atoms with Crippen LogP contribution in [0.2, 0.25) is 0 Å². The second-order valence-electron chi connectivity index (χ2n) is 5.54. The lowest BCUT2D eigenvalue weighted by molar-refractivity contribution is 0.0379. The minimum Gasteiger partial charge on any atom is -0.107 e. The molecule has 0 spiro atoms. The largest absolute Gasteiger partial charge is 0.107 e. The minimum absolute atomic E-state index is 0. The Kier molecular flexibility index (Phi) is 4.29. The summed E-state index contributed by atoms with van der Waals surface area (Å²) >= 11 is 0. The maximum Gasteiger partial charge on any atom is -0.00641 e. The van der Waals surface area contributed by atoms with Gasteiger partial charge in [0.25, 0.3) is 0 Å². The summed E-state index contributed by atoms with van der Waals surface area (Å²) in [5.41, 5.74) is 1.17. The van der Waals surface area contributed by atoms with Crippen molar-refractivity contribution in [2.75, 3.05) is 0 Å². The van der Waals surface area contributed by atoms with E-state index in [4.69, 9.17) is 0 Å². The Hall–Kier alpha value is 0.470. The molecule has 0 atom stereocenters. The van der Waals surface area contributed by atoms with Crippen LogP contribution in [0.5, 0.6) is 0 Å². The maximum absolute atomic E-state index is 2.47. The molecule has 1 aliphatic carbocycles. The molecule has 0 aromatic carbocycles. The van der Waals surface area contributed by atoms with Crippen molar-refractivity contribution in [3.05, 3.63) is 12.2 Å². The molecule has 0 unspecified atom stereocenters. The van der Waals surface area contributed by atoms with Crippen LogP contribution in [-0.4, -0.2) is 0 Å². The van der Waals surface area contributed by atoms with Crippen LogP contribution in [0.15, 0.2) is 12.2 Å². The standard InChI is InChI=1S/C13H24.HI/c1-7-13(8-2)10-9-11(3,4)12(13,5)6;/h9-10H,7-8H2,1-6H3;1H. The van der Waals surface area contributed by atoms with Gasteiger partial charge in [0, 0.05) is 0 Å². The van der Waals surface area contributed by atoms with E-state index in [0.29, 0.717) is 16.2 Å². The molecule has 0 amide bonds. The van der Waals surface area contributed by atoms with E-state index in [1.54, 1.807) is 0 Å². The Bertz CT molecular complexity index is 219. The Balaban J connectivity index is 0.00000169. The molecule has 14 heavy (non-hydrogen) atoms. The fraction of sp³-hybridized carbons (Fsp3) is 0.846. The van der Waals surface area contributed by atoms with E-state index in [1.807, 2.05) is 0 Å². The second kappa shape index (κ2) is 4.15. The number of halogens is 1. The molecule has 0 aromatic rings. The monoisotopic (exact) mass is 308 g/mol. The van der Waals surface area contributed by atoms with Crippen molar-refractivity contribution in [1.29, 1.82) is 0 Å². The summed E-state index contributed by atoms with van der Waals surface area (Å²) in [4.78, 5) is 0. The Labute approximate surface area is 107 Å². The number of hydrogen-bond donors (Lipinski definition) is 0. The zero-order valence-electron chi connectivity index (χ0n) is 10.5. The Morgan fingerprint density at radius 1 is 0.857 bits per heavy atom. The summed E-state index contributed by atoms with van der Waals surface area (Å²) in [5.74, 6) is 0. The predicted molar refractivity (Wildman–Crippen MR) is 75.1 cm³/mol. The average Bonchev–Trinajstić information content (AvgIpc) is 2.22. The van der Waals surface area contributed by atoms with Gasteiger partial charge in [-0.3, -0.25) is 0 Å². The van der Waals surface area contributed by atoms with Crippen LogP contribution in [0.1, 0.15) is 54.4 Å². The van der Waals surface area contributed by atoms with Crippen LogP contribution in [0.4, 0.5) is 0 Å². The molecule has 0 nitrogen and oxygen atoms in total. The lowest BCUT2D eigenvalue weighted by Gasteiger charge is -2.47. The van der Waals surface area contributed by atoms with Crippen LogP contribution in [0, 0.1) is 16.2 Å². The highest BCUT2D eigenvalue weighted by molar-refractivity contribution is 14.0. The third-order valence-corrected chi connectivity index (χ3v) is 4.94. The first-order valence-electron chi connectivity index (χ1n) is 5.53. The van der Waals surface area contributed by atoms with Crippen molar-refractivity contribution in [1.82, 2.24) is 0 Å². The van der Waals surface area contributed by atoms with E-state index in [0.717, 1.165) is 0 Å². The molecule has 0 heterocycles. The third kappa shape index (κ3) is 1.66. The molecule has 1 rings (SSSR count). The van der Waals surface area contributed by atoms with E-state index >= 15 is 0 Å². The predicted octanol–water partition coefficient (Wildman–Crippen LogP) is 5.03. The Morgan fingerprint density at radius 2 is 1.29 bits per heavy atom. The number of rotatable bonds is 2. The van der Waals surface area contributed by atoms with Crippen molar-refractivity contribution >= 4 is 24.0 Å². The SMILES string of the molecule is CCC1(CC)C=CC(C)(C)C1(C)C.I. The van der Waals surface area contributed by atoms with Gasteiger partial charge in [0.1, 0.15) is 0 Å². The summed E-state index contributed by atoms with van der Waals surface area (Å²) in [5, 5.41) is 0. The van der Waals surface area contributed by atoms with Crippen molar-refractivity contribution in [2.45, 2.75) is 54.4 Å². The van der Waals surface area contributed by atoms with Crippen LogP contribution < -0.4 is 0 Å². The summed E-state index contributed by atoms with van der Waals surface area (Å²) in [6, 6.07) is 0. The van der Waals surface area contributed by atoms with Crippen molar-refractivity contribution in [2.24, 2.45) is 16.2 Å². The second-order valence-corrected chi connectivity index (χ2v) is 5.54. The Morgan fingerprint density at radius 3 is 1.43 bits per heavy atom. The van der Waals surface area contributed by atoms with E-state index in [2.05, 4.69) is 53.7 Å². The number of allylic oxidation sites excluding steroid dienone is 2. The highest BCUT2D eigenvalue weighted by Gasteiger charge is 2.52. The lowest BCUT2D eigenvalue weighted by Crippen LogP contribution is -2.40. The van der Waals surface area contributed by atoms with Gasteiger partial charge in [-0.05, 0) is 29.1 Å². The van der Waals surface area contributed by atoms with E-state index in [1.165, 1.54) is 12.8 Å². The van der Waals surface area contributed by atoms with Gasteiger partial charge in [-0.15, -0.1) is 24.0 Å². The molecule has 0 saturated carbocycles. The first kappa shape index (κ1) is 14.5. The summed E-state index contributed by atoms with van der Waals surface area (Å²) in [7, 11) is 0. The number of hydrogen-bond acceptors (Lipinski definition) is 0. The maximum atomic E-state index is 2.47. The van der Waals surface area contributed by atoms with Crippen LogP contribution >= 0.6 is 24.0 Å². The molecule has 0 saturated heterocycles. The van der Waals surface area contributed by atoms with Gasteiger partial charge in [0.2, 0.25) is 0 Å². The van der Waals surface area contributed by atoms with Gasteiger partial charge in [0.15, 0.2) is 0 Å². The van der Waals surface area contributed by atoms with Gasteiger partial charge in [0.05, 0.1) is 0 Å². The molecule has 0 fully saturated rings. The third-order valence-electron chi connectivity index (χ3n) is 4.94. The quantitative estimate of drug-likeness (QED) is 0.495. The molecule has 0 aliphatic heterocycles. The average molecular weight is 308 g/mol. The molecule has 0 bridgehead atoms. The lowest BCUT2D eigenvalue weighted by atomic mass is 9.56. The highest BCUT2D eigenvalue weighted by atomic mass is 127. The molecular weight excluding hydrogens is 283 g/mol. The first-order chi connectivity index (χ1) is 5.83. The summed E-state index contributed by atoms with van der Waals surface area (Å²) < 4.78 is 0. The van der Waals surface area contributed by atoms with Crippen molar-refractivity contribution in [3.63, 3.8) is 0 Å². The van der Waals surface area contributed by atoms with E-state index in [-0.39, 0.29) is 24.0 Å². The van der Waals surface area contributed by atoms with E-state index < -0.39 is 0 Å². The smallest absolute Gasteiger partial charge is 0.00641 e. The fourth-order valence-electron chi connectivity index (χ4n) is 2.80. The molecule has 84 valence electrons. The van der Waals surface area contributed by atoms with E-state index in [9.17, 15) is 0 Å². The van der Waals surface area contributed by atoms with Gasteiger partial charge in [-0.1, -0.05) is 53.7 Å². The normalized spacial score (nSPS) is 25.9. The van der Waals surface area contributed by atoms with Crippen molar-refractivity contribution in [3.8, 4) is 0 Å². The fourth-order valence-corrected chi connectivity index (χ4v) is 2.80. The molecular formula is C13H25I. The molecule has 0 aromatic heterocycles. The van der Waals surface area contributed by atoms with Crippen molar-refractivity contribution < 1.29 is 0 Å². The zero-order valence-corrected chi connectivity index (χ0v) is 12.8. The topological polar surface area (TPSA) is 0 Å². The highest BCUT2D eigenvalue weighted by Crippen LogP contribution is 2.61. The first-order valence-corrected chi connectivity index (χ1v) is 5.53. The summed E-state index contributed by atoms with van der Waals surface area (Å²) in [6.07, 6.45) is 7.40. The molecule has 0 N–H and O–H groups in total. The van der Waals surface area contributed by atoms with Gasteiger partial charge in [-0.25, -0.2) is 0 Å². The molecule has 0 radical (unpaired) electrons. The van der Waals surface area contributed by atoms with Gasteiger partial charge in [-0.2, -0.15) is 0 Å². The minimum atomic E-state index is 0. The zero-order chi connectivity index (χ0) is 10.3. The summed E-state index contributed by atoms with van der Waals surface area (Å²) in [6.45, 7) is 14.2. The molecule has 1 aliphatic rings. The van der Waals surface area contributed by atoms with Crippen LogP contribution in [-0.2, 0) is 0 Å². The van der Waals surface area contributed by atoms with Gasteiger partial charge < -0.3 is 0 Å². The van der Waals surface area contributed by atoms with Crippen LogP contribution in [0.25, 0.3) is 0 Å². The van der Waals surface area contributed by atoms with Crippen LogP contribution in [0.3, 0.4) is 0 Å².